The summed E-state index contributed by atoms with van der Waals surface area (Å²) in [5.74, 6) is -10.4. The van der Waals surface area contributed by atoms with Gasteiger partial charge in [-0.3, -0.25) is 9.59 Å². The third kappa shape index (κ3) is 4.57. The van der Waals surface area contributed by atoms with Crippen molar-refractivity contribution in [1.82, 2.24) is 10.4 Å². The number of esters is 5. The van der Waals surface area contributed by atoms with Crippen molar-refractivity contribution in [1.29, 1.82) is 0 Å². The van der Waals surface area contributed by atoms with Gasteiger partial charge in [0.2, 0.25) is 16.8 Å². The summed E-state index contributed by atoms with van der Waals surface area (Å²) < 4.78 is 25.3. The minimum absolute atomic E-state index is 0.165. The lowest BCUT2D eigenvalue weighted by molar-refractivity contribution is -0.310. The van der Waals surface area contributed by atoms with Crippen molar-refractivity contribution in [3.63, 3.8) is 0 Å². The lowest BCUT2D eigenvalue weighted by Gasteiger charge is -2.59. The molecule has 0 spiro atoms. The van der Waals surface area contributed by atoms with E-state index < -0.39 is 69.6 Å². The van der Waals surface area contributed by atoms with Crippen molar-refractivity contribution in [2.45, 2.75) is 65.1 Å². The molecule has 2 heterocycles. The van der Waals surface area contributed by atoms with E-state index in [1.807, 2.05) is 0 Å². The molecule has 0 aromatic carbocycles. The lowest BCUT2D eigenvalue weighted by atomic mass is 9.57. The minimum Gasteiger partial charge on any atom is -0.467 e. The molecule has 1 saturated heterocycles. The summed E-state index contributed by atoms with van der Waals surface area (Å²) in [5, 5.41) is 3.06. The second-order valence-electron chi connectivity index (χ2n) is 9.16. The van der Waals surface area contributed by atoms with Crippen LogP contribution in [-0.2, 0) is 57.3 Å². The summed E-state index contributed by atoms with van der Waals surface area (Å²) in [4.78, 5) is 86.3. The first-order chi connectivity index (χ1) is 17.8. The van der Waals surface area contributed by atoms with E-state index in [1.165, 1.54) is 27.7 Å². The Kier molecular flexibility index (Phi) is 9.14. The highest BCUT2D eigenvalue weighted by molar-refractivity contribution is 6.20. The number of carbonyl (C=O) groups is 6. The number of fused-ring (bicyclic) bond motifs is 1. The quantitative estimate of drug-likeness (QED) is 0.221. The molecule has 2 aliphatic heterocycles. The molecule has 14 nitrogen and oxygen atoms in total. The van der Waals surface area contributed by atoms with E-state index in [1.54, 1.807) is 20.8 Å². The number of ether oxygens (including phenoxy) is 5. The van der Waals surface area contributed by atoms with Gasteiger partial charge in [0.1, 0.15) is 11.5 Å². The molecule has 0 aliphatic carbocycles. The fraction of sp³-hybridized carbons (Fsp3) is 0.667. The average Bonchev–Trinajstić information content (AvgIpc) is 3.11. The van der Waals surface area contributed by atoms with Gasteiger partial charge in [0.15, 0.2) is 0 Å². The Hall–Kier alpha value is -3.68. The molecule has 38 heavy (non-hydrogen) atoms. The Morgan fingerprint density at radius 2 is 1.37 bits per heavy atom. The Labute approximate surface area is 219 Å². The molecule has 2 rings (SSSR count). The van der Waals surface area contributed by atoms with E-state index in [-0.39, 0.29) is 26.4 Å². The minimum atomic E-state index is -2.73. The van der Waals surface area contributed by atoms with Crippen LogP contribution in [0.4, 0.5) is 0 Å². The number of hydroxylamine groups is 2. The number of hydrogen-bond donors (Lipinski definition) is 1. The van der Waals surface area contributed by atoms with Gasteiger partial charge >= 0.3 is 29.8 Å². The predicted octanol–water partition coefficient (Wildman–Crippen LogP) is -0.0648. The highest BCUT2D eigenvalue weighted by Crippen LogP contribution is 2.61. The van der Waals surface area contributed by atoms with Crippen molar-refractivity contribution in [3.05, 3.63) is 11.3 Å². The lowest BCUT2D eigenvalue weighted by Crippen LogP contribution is -2.90. The molecule has 1 amide bonds. The van der Waals surface area contributed by atoms with Crippen molar-refractivity contribution < 1.29 is 57.3 Å². The second-order valence-corrected chi connectivity index (χ2v) is 9.16. The molecule has 1 fully saturated rings. The first kappa shape index (κ1) is 30.5. The van der Waals surface area contributed by atoms with Crippen molar-refractivity contribution in [3.8, 4) is 0 Å². The maximum atomic E-state index is 13.9. The molecule has 1 N–H and O–H groups in total. The van der Waals surface area contributed by atoms with Gasteiger partial charge in [0.05, 0.1) is 33.5 Å². The smallest absolute Gasteiger partial charge is 0.376 e. The van der Waals surface area contributed by atoms with E-state index in [9.17, 15) is 28.8 Å². The number of carbonyl (C=O) groups excluding carboxylic acids is 6. The zero-order valence-corrected chi connectivity index (χ0v) is 22.8. The molecule has 0 radical (unpaired) electrons. The maximum absolute atomic E-state index is 13.9. The van der Waals surface area contributed by atoms with Crippen molar-refractivity contribution >= 4 is 35.8 Å². The van der Waals surface area contributed by atoms with Gasteiger partial charge in [-0.25, -0.2) is 19.2 Å². The molecule has 14 heteroatoms. The SMILES string of the molecule is CCOC(=O)C1=C(C(=O)OCC)[C@]2(C(=O)OC)[C@@H](C(=O)OCC)[C@](C(=O)NC(C)(C)C)(C(=O)OCC)N2O1. The molecule has 0 aromatic heterocycles. The van der Waals surface area contributed by atoms with E-state index in [0.29, 0.717) is 5.06 Å². The Morgan fingerprint density at radius 3 is 1.84 bits per heavy atom. The van der Waals surface area contributed by atoms with Gasteiger partial charge in [0, 0.05) is 5.54 Å². The maximum Gasteiger partial charge on any atom is 0.376 e. The topological polar surface area (TPSA) is 173 Å². The van der Waals surface area contributed by atoms with Gasteiger partial charge in [-0.2, -0.15) is 0 Å². The van der Waals surface area contributed by atoms with Crippen LogP contribution in [0.15, 0.2) is 11.3 Å². The van der Waals surface area contributed by atoms with Gasteiger partial charge < -0.3 is 33.8 Å². The summed E-state index contributed by atoms with van der Waals surface area (Å²) in [6, 6.07) is 0. The van der Waals surface area contributed by atoms with Gasteiger partial charge in [-0.1, -0.05) is 5.06 Å². The second kappa shape index (κ2) is 11.4. The molecule has 212 valence electrons. The predicted molar refractivity (Wildman–Crippen MR) is 125 cm³/mol. The number of rotatable bonds is 10. The summed E-state index contributed by atoms with van der Waals surface area (Å²) in [6.45, 7) is 9.83. The largest absolute Gasteiger partial charge is 0.467 e. The van der Waals surface area contributed by atoms with Gasteiger partial charge in [-0.05, 0) is 48.5 Å². The fourth-order valence-corrected chi connectivity index (χ4v) is 4.46. The summed E-state index contributed by atoms with van der Waals surface area (Å²) in [7, 11) is 0.947. The highest BCUT2D eigenvalue weighted by atomic mass is 16.7. The standard InChI is InChI=1S/C24H34N2O12/c1-9-34-16(27)13-14(17(28)35-10-2)38-26-23(13,20(31)33-8)15(18(29)36-11-3)24(26,21(32)37-12-4)19(30)25-22(5,6)7/h15H,9-12H2,1-8H3,(H,25,30)/t15-,23-,24+/m1/s1. The number of methoxy groups -OCH3 is 1. The summed E-state index contributed by atoms with van der Waals surface area (Å²) in [5.41, 5.74) is -7.11. The molecule has 3 atom stereocenters. The van der Waals surface area contributed by atoms with Crippen LogP contribution in [0.25, 0.3) is 0 Å². The first-order valence-electron chi connectivity index (χ1n) is 12.1. The number of amides is 1. The highest BCUT2D eigenvalue weighted by Gasteiger charge is 2.90. The number of hydrogen-bond acceptors (Lipinski definition) is 13. The molecule has 0 unspecified atom stereocenters. The summed E-state index contributed by atoms with van der Waals surface area (Å²) >= 11 is 0. The number of nitrogens with zero attached hydrogens (tertiary/aromatic N) is 1. The summed E-state index contributed by atoms with van der Waals surface area (Å²) in [6.07, 6.45) is 0. The fourth-order valence-electron chi connectivity index (χ4n) is 4.46. The molecular weight excluding hydrogens is 508 g/mol. The molecular formula is C24H34N2O12. The molecule has 0 bridgehead atoms. The van der Waals surface area contributed by atoms with E-state index >= 15 is 0 Å². The zero-order valence-electron chi connectivity index (χ0n) is 22.8. The van der Waals surface area contributed by atoms with Gasteiger partial charge in [-0.15, -0.1) is 0 Å². The zero-order chi connectivity index (χ0) is 29.1. The van der Waals surface area contributed by atoms with Crippen LogP contribution in [0.5, 0.6) is 0 Å². The van der Waals surface area contributed by atoms with Gasteiger partial charge in [0.25, 0.3) is 5.91 Å². The van der Waals surface area contributed by atoms with Crippen LogP contribution in [0.1, 0.15) is 48.5 Å². The van der Waals surface area contributed by atoms with E-state index in [0.717, 1.165) is 7.11 Å². The van der Waals surface area contributed by atoms with Crippen LogP contribution in [0.2, 0.25) is 0 Å². The van der Waals surface area contributed by atoms with Crippen LogP contribution in [0, 0.1) is 5.92 Å². The third-order valence-corrected chi connectivity index (χ3v) is 5.65. The Morgan fingerprint density at radius 1 is 0.842 bits per heavy atom. The Balaban J connectivity index is 3.03. The van der Waals surface area contributed by atoms with Crippen LogP contribution in [0.3, 0.4) is 0 Å². The third-order valence-electron chi connectivity index (χ3n) is 5.65. The van der Waals surface area contributed by atoms with Crippen molar-refractivity contribution in [2.24, 2.45) is 5.92 Å². The molecule has 0 saturated carbocycles. The monoisotopic (exact) mass is 542 g/mol. The normalized spacial score (nSPS) is 24.3. The van der Waals surface area contributed by atoms with E-state index in [4.69, 9.17) is 28.5 Å². The van der Waals surface area contributed by atoms with Crippen LogP contribution >= 0.6 is 0 Å². The Bertz CT molecular complexity index is 1050. The number of nitrogens with one attached hydrogen (secondary N) is 1. The van der Waals surface area contributed by atoms with Crippen molar-refractivity contribution in [2.75, 3.05) is 33.5 Å². The van der Waals surface area contributed by atoms with E-state index in [2.05, 4.69) is 5.32 Å². The van der Waals surface area contributed by atoms with Crippen LogP contribution in [-0.4, -0.2) is 91.0 Å². The average molecular weight is 543 g/mol. The molecule has 0 aromatic rings. The van der Waals surface area contributed by atoms with Crippen LogP contribution < -0.4 is 5.32 Å². The molecule has 2 aliphatic rings. The first-order valence-corrected chi connectivity index (χ1v) is 12.1.